The van der Waals surface area contributed by atoms with Crippen LogP contribution in [-0.4, -0.2) is 22.9 Å². The van der Waals surface area contributed by atoms with Gasteiger partial charge in [0.2, 0.25) is 0 Å². The van der Waals surface area contributed by atoms with Crippen LogP contribution >= 0.6 is 24.4 Å². The molecule has 140 valence electrons. The van der Waals surface area contributed by atoms with Crippen molar-refractivity contribution in [3.8, 4) is 0 Å². The van der Waals surface area contributed by atoms with Crippen LogP contribution in [0.5, 0.6) is 0 Å². The number of rotatable bonds is 12. The van der Waals surface area contributed by atoms with Gasteiger partial charge >= 0.3 is 0 Å². The second kappa shape index (κ2) is 43.1. The molecule has 24 heavy (non-hydrogen) atoms. The minimum absolute atomic E-state index is 0.754. The number of thiocarbonyl (C=S) groups is 2. The monoisotopic (exact) mass is 374 g/mol. The SMILES string of the molecule is CCCCCCCC=O.CCCCCCCC=O.N=C=S.N=C=S. The fraction of sp³-hybridized carbons (Fsp3) is 0.778. The molecule has 0 aromatic heterocycles. The Morgan fingerprint density at radius 1 is 0.667 bits per heavy atom. The lowest BCUT2D eigenvalue weighted by Gasteiger charge is -1.93. The first kappa shape index (κ1) is 30.8. The van der Waals surface area contributed by atoms with E-state index >= 15 is 0 Å². The van der Waals surface area contributed by atoms with Gasteiger partial charge in [-0.25, -0.2) is 10.8 Å². The van der Waals surface area contributed by atoms with Gasteiger partial charge in [0, 0.05) is 12.8 Å². The summed E-state index contributed by atoms with van der Waals surface area (Å²) in [5, 5.41) is 14.7. The summed E-state index contributed by atoms with van der Waals surface area (Å²) in [6, 6.07) is 0. The number of isothiocyanates is 2. The Balaban J connectivity index is -0.000000126. The quantitative estimate of drug-likeness (QED) is 0.178. The summed E-state index contributed by atoms with van der Waals surface area (Å²) in [6.07, 6.45) is 15.9. The van der Waals surface area contributed by atoms with E-state index in [0.29, 0.717) is 0 Å². The Morgan fingerprint density at radius 2 is 0.917 bits per heavy atom. The zero-order chi connectivity index (χ0) is 19.3. The van der Waals surface area contributed by atoms with Crippen molar-refractivity contribution < 1.29 is 9.59 Å². The molecule has 0 aliphatic carbocycles. The minimum Gasteiger partial charge on any atom is -0.303 e. The van der Waals surface area contributed by atoms with Crippen LogP contribution in [0, 0.1) is 10.8 Å². The van der Waals surface area contributed by atoms with Gasteiger partial charge in [0.1, 0.15) is 12.6 Å². The molecule has 0 aliphatic heterocycles. The summed E-state index contributed by atoms with van der Waals surface area (Å²) in [6.45, 7) is 4.39. The van der Waals surface area contributed by atoms with Crippen LogP contribution in [-0.2, 0) is 9.59 Å². The Kier molecular flexibility index (Phi) is 55.3. The molecular formula is C18H34N2O2S2. The van der Waals surface area contributed by atoms with Crippen molar-refractivity contribution in [3.05, 3.63) is 0 Å². The van der Waals surface area contributed by atoms with Crippen molar-refractivity contribution in [3.63, 3.8) is 0 Å². The van der Waals surface area contributed by atoms with E-state index in [1.54, 1.807) is 10.3 Å². The third-order valence-electron chi connectivity index (χ3n) is 2.85. The number of aldehydes is 2. The summed E-state index contributed by atoms with van der Waals surface area (Å²) in [5.74, 6) is 0. The van der Waals surface area contributed by atoms with Crippen LogP contribution in [0.25, 0.3) is 0 Å². The largest absolute Gasteiger partial charge is 0.303 e. The van der Waals surface area contributed by atoms with E-state index in [1.165, 1.54) is 51.4 Å². The molecule has 0 saturated carbocycles. The zero-order valence-electron chi connectivity index (χ0n) is 15.3. The molecule has 0 spiro atoms. The predicted octanol–water partition coefficient (Wildman–Crippen LogP) is 6.43. The van der Waals surface area contributed by atoms with Gasteiger partial charge in [-0.1, -0.05) is 65.2 Å². The topological polar surface area (TPSA) is 81.8 Å². The van der Waals surface area contributed by atoms with Crippen LogP contribution in [0.15, 0.2) is 0 Å². The Hall–Kier alpha value is -1.06. The Labute approximate surface area is 158 Å². The average Bonchev–Trinajstić information content (AvgIpc) is 2.57. The predicted molar refractivity (Wildman–Crippen MR) is 110 cm³/mol. The van der Waals surface area contributed by atoms with Crippen molar-refractivity contribution in [1.29, 1.82) is 10.8 Å². The highest BCUT2D eigenvalue weighted by Gasteiger charge is 1.86. The van der Waals surface area contributed by atoms with Crippen LogP contribution in [0.2, 0.25) is 0 Å². The maximum Gasteiger partial charge on any atom is 0.119 e. The molecule has 0 fully saturated rings. The Bertz CT molecular complexity index is 269. The van der Waals surface area contributed by atoms with Gasteiger partial charge in [-0.2, -0.15) is 0 Å². The molecule has 0 unspecified atom stereocenters. The van der Waals surface area contributed by atoms with E-state index in [-0.39, 0.29) is 0 Å². The van der Waals surface area contributed by atoms with E-state index in [4.69, 9.17) is 10.8 Å². The molecule has 0 saturated heterocycles. The molecule has 0 heterocycles. The third kappa shape index (κ3) is 69.6. The molecule has 2 N–H and O–H groups in total. The van der Waals surface area contributed by atoms with Gasteiger partial charge in [-0.05, 0) is 37.3 Å². The summed E-state index contributed by atoms with van der Waals surface area (Å²) in [5.41, 5.74) is 0. The molecule has 0 aromatic carbocycles. The fourth-order valence-electron chi connectivity index (χ4n) is 1.66. The number of unbranched alkanes of at least 4 members (excludes halogenated alkanes) is 10. The fourth-order valence-corrected chi connectivity index (χ4v) is 1.66. The van der Waals surface area contributed by atoms with E-state index in [0.717, 1.165) is 38.3 Å². The molecule has 0 rings (SSSR count). The van der Waals surface area contributed by atoms with Crippen molar-refractivity contribution in [2.45, 2.75) is 90.9 Å². The standard InChI is InChI=1S/2C8H16O.2CHNS/c2*1-2-3-4-5-6-7-8-9;2*2-1-3/h2*8H,2-7H2,1H3;2*2H. The molecule has 0 radical (unpaired) electrons. The highest BCUT2D eigenvalue weighted by molar-refractivity contribution is 7.78. The lowest BCUT2D eigenvalue weighted by atomic mass is 10.1. The van der Waals surface area contributed by atoms with Crippen molar-refractivity contribution >= 4 is 47.3 Å². The smallest absolute Gasteiger partial charge is 0.119 e. The Morgan fingerprint density at radius 3 is 1.12 bits per heavy atom. The van der Waals surface area contributed by atoms with E-state index in [9.17, 15) is 9.59 Å². The average molecular weight is 375 g/mol. The maximum atomic E-state index is 9.84. The summed E-state index contributed by atoms with van der Waals surface area (Å²) in [4.78, 5) is 19.7. The highest BCUT2D eigenvalue weighted by Crippen LogP contribution is 2.03. The van der Waals surface area contributed by atoms with E-state index in [2.05, 4.69) is 38.3 Å². The number of hydrogen-bond donors (Lipinski definition) is 2. The number of hydrogen-bond acceptors (Lipinski definition) is 6. The van der Waals surface area contributed by atoms with Crippen LogP contribution in [0.3, 0.4) is 0 Å². The van der Waals surface area contributed by atoms with Gasteiger partial charge in [0.05, 0.1) is 10.3 Å². The molecule has 0 aromatic rings. The first-order valence-corrected chi connectivity index (χ1v) is 9.43. The number of nitrogens with one attached hydrogen (secondary N) is 2. The molecule has 6 heteroatoms. The second-order valence-electron chi connectivity index (χ2n) is 4.94. The van der Waals surface area contributed by atoms with Crippen molar-refractivity contribution in [1.82, 2.24) is 0 Å². The third-order valence-corrected chi connectivity index (χ3v) is 2.85. The molecular weight excluding hydrogens is 340 g/mol. The number of carbonyl (C=O) groups excluding carboxylic acids is 2. The van der Waals surface area contributed by atoms with Crippen molar-refractivity contribution in [2.75, 3.05) is 0 Å². The van der Waals surface area contributed by atoms with Gasteiger partial charge < -0.3 is 9.59 Å². The van der Waals surface area contributed by atoms with Crippen LogP contribution in [0.1, 0.15) is 90.9 Å². The van der Waals surface area contributed by atoms with Gasteiger partial charge in [0.25, 0.3) is 0 Å². The lowest BCUT2D eigenvalue weighted by Crippen LogP contribution is -1.78. The first-order chi connectivity index (χ1) is 11.7. The highest BCUT2D eigenvalue weighted by atomic mass is 32.1. The number of carbonyl (C=O) groups is 2. The maximum absolute atomic E-state index is 9.84. The lowest BCUT2D eigenvalue weighted by molar-refractivity contribution is -0.108. The second-order valence-corrected chi connectivity index (χ2v) is 5.35. The van der Waals surface area contributed by atoms with Crippen molar-refractivity contribution in [2.24, 2.45) is 0 Å². The summed E-state index contributed by atoms with van der Waals surface area (Å²) < 4.78 is 0. The minimum atomic E-state index is 0.754. The van der Waals surface area contributed by atoms with Gasteiger partial charge in [-0.3, -0.25) is 0 Å². The molecule has 0 amide bonds. The van der Waals surface area contributed by atoms with Gasteiger partial charge in [0.15, 0.2) is 0 Å². The summed E-state index contributed by atoms with van der Waals surface area (Å²) >= 11 is 7.62. The van der Waals surface area contributed by atoms with Gasteiger partial charge in [-0.15, -0.1) is 0 Å². The molecule has 0 aliphatic rings. The zero-order valence-corrected chi connectivity index (χ0v) is 16.9. The van der Waals surface area contributed by atoms with E-state index < -0.39 is 0 Å². The molecule has 0 bridgehead atoms. The molecule has 4 nitrogen and oxygen atoms in total. The first-order valence-electron chi connectivity index (χ1n) is 8.61. The normalized spacial score (nSPS) is 7.75. The summed E-state index contributed by atoms with van der Waals surface area (Å²) in [7, 11) is 0. The molecule has 0 atom stereocenters. The van der Waals surface area contributed by atoms with E-state index in [1.807, 2.05) is 0 Å². The van der Waals surface area contributed by atoms with Crippen LogP contribution < -0.4 is 0 Å². The van der Waals surface area contributed by atoms with Crippen LogP contribution in [0.4, 0.5) is 0 Å².